The smallest absolute Gasteiger partial charge is 0.238 e. The Kier molecular flexibility index (Phi) is 6.83. The van der Waals surface area contributed by atoms with Gasteiger partial charge >= 0.3 is 0 Å². The zero-order valence-electron chi connectivity index (χ0n) is 16.2. The molecule has 0 spiro atoms. The molecule has 1 aromatic rings. The molecule has 9 heteroatoms. The Bertz CT molecular complexity index is 782. The van der Waals surface area contributed by atoms with Crippen LogP contribution in [0.4, 0.5) is 0 Å². The Morgan fingerprint density at radius 1 is 1.19 bits per heavy atom. The van der Waals surface area contributed by atoms with Gasteiger partial charge < -0.3 is 15.5 Å². The minimum Gasteiger partial charge on any atom is -0.355 e. The van der Waals surface area contributed by atoms with Crippen LogP contribution in [0.2, 0.25) is 0 Å². The van der Waals surface area contributed by atoms with E-state index in [0.717, 1.165) is 31.2 Å². The third-order valence-corrected chi connectivity index (χ3v) is 5.88. The van der Waals surface area contributed by atoms with Gasteiger partial charge in [0.25, 0.3) is 0 Å². The summed E-state index contributed by atoms with van der Waals surface area (Å²) in [6.07, 6.45) is 3.87. The molecule has 2 rings (SSSR count). The molecular formula is C18H29N5O3S. The van der Waals surface area contributed by atoms with Crippen LogP contribution in [0.25, 0.3) is 0 Å². The standard InChI is InChI=1S/C18H29N5O3S/c1-20-17(21-12-14-6-8-15(9-7-14)27(19,25)26)22-13-18(10-4-5-11-18)16(24)23(2)3/h6-9H,4-5,10-13H2,1-3H3,(H2,19,25,26)(H2,20,21,22). The molecule has 27 heavy (non-hydrogen) atoms. The van der Waals surface area contributed by atoms with Crippen LogP contribution in [0, 0.1) is 5.41 Å². The minimum atomic E-state index is -3.69. The number of nitrogens with one attached hydrogen (secondary N) is 2. The van der Waals surface area contributed by atoms with Crippen LogP contribution in [0.15, 0.2) is 34.2 Å². The first kappa shape index (κ1) is 21.2. The number of guanidine groups is 1. The van der Waals surface area contributed by atoms with Crippen molar-refractivity contribution >= 4 is 21.9 Å². The van der Waals surface area contributed by atoms with Crippen LogP contribution in [0.1, 0.15) is 31.2 Å². The molecule has 8 nitrogen and oxygen atoms in total. The molecule has 0 bridgehead atoms. The van der Waals surface area contributed by atoms with Gasteiger partial charge in [-0.25, -0.2) is 13.6 Å². The maximum atomic E-state index is 12.6. The number of carbonyl (C=O) groups is 1. The lowest BCUT2D eigenvalue weighted by atomic mass is 9.84. The highest BCUT2D eigenvalue weighted by Gasteiger charge is 2.42. The van der Waals surface area contributed by atoms with Crippen molar-refractivity contribution in [3.05, 3.63) is 29.8 Å². The molecule has 1 fully saturated rings. The fraction of sp³-hybridized carbons (Fsp3) is 0.556. The Morgan fingerprint density at radius 2 is 1.78 bits per heavy atom. The molecule has 1 aliphatic carbocycles. The molecule has 0 atom stereocenters. The molecule has 1 amide bonds. The number of aliphatic imine (C=N–C) groups is 1. The van der Waals surface area contributed by atoms with Gasteiger partial charge in [-0.3, -0.25) is 9.79 Å². The summed E-state index contributed by atoms with van der Waals surface area (Å²) in [5, 5.41) is 11.6. The van der Waals surface area contributed by atoms with Crippen molar-refractivity contribution in [2.24, 2.45) is 15.5 Å². The molecule has 1 saturated carbocycles. The second kappa shape index (κ2) is 8.71. The first-order valence-corrected chi connectivity index (χ1v) is 10.5. The highest BCUT2D eigenvalue weighted by molar-refractivity contribution is 7.89. The third-order valence-electron chi connectivity index (χ3n) is 4.95. The van der Waals surface area contributed by atoms with E-state index >= 15 is 0 Å². The van der Waals surface area contributed by atoms with Gasteiger partial charge in [-0.2, -0.15) is 0 Å². The molecular weight excluding hydrogens is 366 g/mol. The van der Waals surface area contributed by atoms with Gasteiger partial charge in [0.15, 0.2) is 5.96 Å². The Balaban J connectivity index is 1.95. The maximum absolute atomic E-state index is 12.6. The number of sulfonamides is 1. The van der Waals surface area contributed by atoms with Crippen molar-refractivity contribution in [1.29, 1.82) is 0 Å². The second-order valence-corrected chi connectivity index (χ2v) is 8.72. The van der Waals surface area contributed by atoms with E-state index in [1.165, 1.54) is 12.1 Å². The van der Waals surface area contributed by atoms with Crippen LogP contribution in [-0.2, 0) is 21.4 Å². The Hall–Kier alpha value is -2.13. The van der Waals surface area contributed by atoms with E-state index in [1.54, 1.807) is 38.2 Å². The number of benzene rings is 1. The molecule has 1 aliphatic rings. The van der Waals surface area contributed by atoms with Crippen molar-refractivity contribution in [3.8, 4) is 0 Å². The number of rotatable bonds is 6. The van der Waals surface area contributed by atoms with Crippen molar-refractivity contribution in [1.82, 2.24) is 15.5 Å². The van der Waals surface area contributed by atoms with Crippen molar-refractivity contribution in [2.75, 3.05) is 27.7 Å². The van der Waals surface area contributed by atoms with Crippen LogP contribution in [0.3, 0.4) is 0 Å². The van der Waals surface area contributed by atoms with Crippen LogP contribution in [0.5, 0.6) is 0 Å². The predicted octanol–water partition coefficient (Wildman–Crippen LogP) is 0.648. The topological polar surface area (TPSA) is 117 Å². The lowest BCUT2D eigenvalue weighted by Crippen LogP contribution is -2.49. The van der Waals surface area contributed by atoms with E-state index in [4.69, 9.17) is 5.14 Å². The number of nitrogens with zero attached hydrogens (tertiary/aromatic N) is 2. The number of hydrogen-bond donors (Lipinski definition) is 3. The van der Waals surface area contributed by atoms with Gasteiger partial charge in [-0.1, -0.05) is 25.0 Å². The molecule has 0 aliphatic heterocycles. The van der Waals surface area contributed by atoms with Crippen LogP contribution < -0.4 is 15.8 Å². The summed E-state index contributed by atoms with van der Waals surface area (Å²) in [5.74, 6) is 0.755. The van der Waals surface area contributed by atoms with Crippen LogP contribution in [-0.4, -0.2) is 52.9 Å². The van der Waals surface area contributed by atoms with Gasteiger partial charge in [-0.15, -0.1) is 0 Å². The molecule has 150 valence electrons. The molecule has 0 heterocycles. The van der Waals surface area contributed by atoms with E-state index < -0.39 is 10.0 Å². The number of hydrogen-bond acceptors (Lipinski definition) is 4. The van der Waals surface area contributed by atoms with Crippen molar-refractivity contribution in [3.63, 3.8) is 0 Å². The monoisotopic (exact) mass is 395 g/mol. The summed E-state index contributed by atoms with van der Waals surface area (Å²) in [7, 11) is 1.57. The third kappa shape index (κ3) is 5.43. The number of nitrogens with two attached hydrogens (primary N) is 1. The Labute approximate surface area is 161 Å². The first-order valence-electron chi connectivity index (χ1n) is 8.96. The average molecular weight is 396 g/mol. The summed E-state index contributed by atoms with van der Waals surface area (Å²) in [5.41, 5.74) is 0.517. The predicted molar refractivity (Wildman–Crippen MR) is 106 cm³/mol. The second-order valence-electron chi connectivity index (χ2n) is 7.16. The van der Waals surface area contributed by atoms with Gasteiger partial charge in [-0.05, 0) is 30.5 Å². The van der Waals surface area contributed by atoms with Gasteiger partial charge in [0.05, 0.1) is 10.3 Å². The molecule has 0 radical (unpaired) electrons. The molecule has 4 N–H and O–H groups in total. The fourth-order valence-electron chi connectivity index (χ4n) is 3.45. The van der Waals surface area contributed by atoms with Crippen molar-refractivity contribution in [2.45, 2.75) is 37.1 Å². The Morgan fingerprint density at radius 3 is 2.26 bits per heavy atom. The summed E-state index contributed by atoms with van der Waals surface area (Å²) >= 11 is 0. The zero-order valence-corrected chi connectivity index (χ0v) is 17.0. The van der Waals surface area contributed by atoms with Crippen molar-refractivity contribution < 1.29 is 13.2 Å². The maximum Gasteiger partial charge on any atom is 0.238 e. The van der Waals surface area contributed by atoms with E-state index in [-0.39, 0.29) is 16.2 Å². The van der Waals surface area contributed by atoms with Gasteiger partial charge in [0.1, 0.15) is 0 Å². The van der Waals surface area contributed by atoms with E-state index in [1.807, 2.05) is 0 Å². The van der Waals surface area contributed by atoms with Gasteiger partial charge in [0, 0.05) is 34.2 Å². The largest absolute Gasteiger partial charge is 0.355 e. The fourth-order valence-corrected chi connectivity index (χ4v) is 3.96. The normalized spacial score (nSPS) is 16.8. The molecule has 0 unspecified atom stereocenters. The summed E-state index contributed by atoms with van der Waals surface area (Å²) < 4.78 is 22.6. The number of amides is 1. The quantitative estimate of drug-likeness (QED) is 0.483. The average Bonchev–Trinajstić information content (AvgIpc) is 3.10. The van der Waals surface area contributed by atoms with Gasteiger partial charge in [0.2, 0.25) is 15.9 Å². The van der Waals surface area contributed by atoms with Crippen LogP contribution >= 0.6 is 0 Å². The highest BCUT2D eigenvalue weighted by Crippen LogP contribution is 2.38. The van der Waals surface area contributed by atoms with E-state index in [0.29, 0.717) is 19.0 Å². The SMILES string of the molecule is CN=C(NCc1ccc(S(N)(=O)=O)cc1)NCC1(C(=O)N(C)C)CCCC1. The molecule has 1 aromatic carbocycles. The first-order chi connectivity index (χ1) is 12.7. The minimum absolute atomic E-state index is 0.0825. The highest BCUT2D eigenvalue weighted by atomic mass is 32.2. The molecule has 0 saturated heterocycles. The summed E-state index contributed by atoms with van der Waals surface area (Å²) in [6.45, 7) is 1.01. The van der Waals surface area contributed by atoms with E-state index in [9.17, 15) is 13.2 Å². The number of primary sulfonamides is 1. The lowest BCUT2D eigenvalue weighted by molar-refractivity contribution is -0.138. The summed E-state index contributed by atoms with van der Waals surface area (Å²) in [6, 6.07) is 6.36. The van der Waals surface area contributed by atoms with E-state index in [2.05, 4.69) is 15.6 Å². The lowest BCUT2D eigenvalue weighted by Gasteiger charge is -2.31. The zero-order chi connectivity index (χ0) is 20.1. The number of carbonyl (C=O) groups excluding carboxylic acids is 1. The molecule has 0 aromatic heterocycles. The summed E-state index contributed by atoms with van der Waals surface area (Å²) in [4.78, 5) is 18.6.